The van der Waals surface area contributed by atoms with Crippen LogP contribution in [0.1, 0.15) is 5.56 Å². The molecule has 0 radical (unpaired) electrons. The molecule has 0 saturated heterocycles. The highest BCUT2D eigenvalue weighted by Gasteiger charge is 2.03. The first-order valence-corrected chi connectivity index (χ1v) is 6.28. The van der Waals surface area contributed by atoms with Gasteiger partial charge in [-0.25, -0.2) is 4.79 Å². The molecule has 0 heterocycles. The van der Waals surface area contributed by atoms with Crippen LogP contribution in [0.2, 0.25) is 10.0 Å². The van der Waals surface area contributed by atoms with Crippen LogP contribution in [0.15, 0.2) is 24.3 Å². The fourth-order valence-electron chi connectivity index (χ4n) is 1.17. The second-order valence-corrected chi connectivity index (χ2v) is 4.41. The van der Waals surface area contributed by atoms with Crippen molar-refractivity contribution < 1.29 is 14.3 Å². The Bertz CT molecular complexity index is 576. The van der Waals surface area contributed by atoms with Gasteiger partial charge in [0.25, 0.3) is 5.91 Å². The molecule has 4 nitrogen and oxygen atoms in total. The third kappa shape index (κ3) is 5.79. The van der Waals surface area contributed by atoms with Gasteiger partial charge >= 0.3 is 5.97 Å². The fraction of sp³-hybridized carbons (Fsp3) is 0.143. The summed E-state index contributed by atoms with van der Waals surface area (Å²) in [7, 11) is 0. The third-order valence-electron chi connectivity index (χ3n) is 2.09. The maximum Gasteiger partial charge on any atom is 0.331 e. The van der Waals surface area contributed by atoms with Crippen LogP contribution in [0.3, 0.4) is 0 Å². The summed E-state index contributed by atoms with van der Waals surface area (Å²) < 4.78 is 4.71. The second-order valence-electron chi connectivity index (χ2n) is 3.60. The molecule has 0 aromatic heterocycles. The van der Waals surface area contributed by atoms with Crippen LogP contribution in [-0.4, -0.2) is 25.0 Å². The summed E-state index contributed by atoms with van der Waals surface area (Å²) in [6.45, 7) is -0.290. The highest BCUT2D eigenvalue weighted by Crippen LogP contribution is 2.23. The number of hydrogen-bond donors (Lipinski definition) is 1. The standard InChI is InChI=1S/C14H11Cl2NO3/c1-2-7-17-13(18)9-20-14(19)6-4-10-3-5-11(15)12(16)8-10/h1,3-6,8H,7,9H2,(H,17,18)/b6-4+. The Balaban J connectivity index is 2.45. The van der Waals surface area contributed by atoms with E-state index in [9.17, 15) is 9.59 Å². The number of carbonyl (C=O) groups excluding carboxylic acids is 2. The minimum atomic E-state index is -0.646. The Morgan fingerprint density at radius 1 is 1.35 bits per heavy atom. The predicted molar refractivity (Wildman–Crippen MR) is 78.3 cm³/mol. The molecule has 1 amide bonds. The Morgan fingerprint density at radius 3 is 2.75 bits per heavy atom. The molecule has 0 fully saturated rings. The summed E-state index contributed by atoms with van der Waals surface area (Å²) in [5, 5.41) is 3.18. The normalized spacial score (nSPS) is 10.1. The first-order chi connectivity index (χ1) is 9.52. The number of rotatable bonds is 5. The van der Waals surface area contributed by atoms with E-state index in [0.717, 1.165) is 0 Å². The van der Waals surface area contributed by atoms with Crippen molar-refractivity contribution in [3.8, 4) is 12.3 Å². The molecule has 20 heavy (non-hydrogen) atoms. The number of terminal acetylenes is 1. The van der Waals surface area contributed by atoms with Crippen LogP contribution in [-0.2, 0) is 14.3 Å². The number of carbonyl (C=O) groups is 2. The zero-order valence-electron chi connectivity index (χ0n) is 10.4. The average Bonchev–Trinajstić information content (AvgIpc) is 2.44. The van der Waals surface area contributed by atoms with Crippen molar-refractivity contribution in [2.75, 3.05) is 13.2 Å². The van der Waals surface area contributed by atoms with E-state index in [-0.39, 0.29) is 13.2 Å². The number of ether oxygens (including phenoxy) is 1. The first kappa shape index (κ1) is 16.1. The highest BCUT2D eigenvalue weighted by molar-refractivity contribution is 6.42. The largest absolute Gasteiger partial charge is 0.452 e. The SMILES string of the molecule is C#CCNC(=O)COC(=O)/C=C/c1ccc(Cl)c(Cl)c1. The van der Waals surface area contributed by atoms with Crippen molar-refractivity contribution in [3.63, 3.8) is 0 Å². The van der Waals surface area contributed by atoms with E-state index in [4.69, 9.17) is 34.4 Å². The molecular weight excluding hydrogens is 301 g/mol. The number of halogens is 2. The number of esters is 1. The molecule has 1 N–H and O–H groups in total. The number of benzene rings is 1. The first-order valence-electron chi connectivity index (χ1n) is 5.53. The molecule has 0 saturated carbocycles. The molecule has 0 aliphatic carbocycles. The van der Waals surface area contributed by atoms with Gasteiger partial charge in [0.1, 0.15) is 0 Å². The van der Waals surface area contributed by atoms with Gasteiger partial charge in [-0.05, 0) is 23.8 Å². The van der Waals surface area contributed by atoms with Crippen molar-refractivity contribution >= 4 is 41.2 Å². The lowest BCUT2D eigenvalue weighted by molar-refractivity contribution is -0.143. The summed E-state index contributed by atoms with van der Waals surface area (Å²) in [5.74, 6) is 1.13. The van der Waals surface area contributed by atoms with Gasteiger partial charge in [-0.2, -0.15) is 0 Å². The zero-order valence-corrected chi connectivity index (χ0v) is 11.9. The van der Waals surface area contributed by atoms with E-state index >= 15 is 0 Å². The van der Waals surface area contributed by atoms with E-state index < -0.39 is 11.9 Å². The molecule has 0 atom stereocenters. The van der Waals surface area contributed by atoms with Gasteiger partial charge in [0.05, 0.1) is 16.6 Å². The van der Waals surface area contributed by atoms with E-state index in [0.29, 0.717) is 15.6 Å². The van der Waals surface area contributed by atoms with E-state index in [1.807, 2.05) is 0 Å². The van der Waals surface area contributed by atoms with E-state index in [2.05, 4.69) is 11.2 Å². The smallest absolute Gasteiger partial charge is 0.331 e. The second kappa shape index (κ2) is 8.26. The molecule has 1 aromatic carbocycles. The van der Waals surface area contributed by atoms with Crippen molar-refractivity contribution in [3.05, 3.63) is 39.9 Å². The van der Waals surface area contributed by atoms with Crippen LogP contribution >= 0.6 is 23.2 Å². The molecule has 1 rings (SSSR count). The van der Waals surface area contributed by atoms with Gasteiger partial charge in [0.2, 0.25) is 0 Å². The van der Waals surface area contributed by atoms with Gasteiger partial charge in [-0.15, -0.1) is 6.42 Å². The minimum absolute atomic E-state index is 0.0928. The molecule has 0 aliphatic heterocycles. The third-order valence-corrected chi connectivity index (χ3v) is 2.83. The molecule has 0 aliphatic rings. The quantitative estimate of drug-likeness (QED) is 0.516. The Kier molecular flexibility index (Phi) is 6.65. The Labute approximate surface area is 126 Å². The van der Waals surface area contributed by atoms with Crippen LogP contribution in [0.25, 0.3) is 6.08 Å². The molecular formula is C14H11Cl2NO3. The van der Waals surface area contributed by atoms with Gasteiger partial charge in [0.15, 0.2) is 6.61 Å². The van der Waals surface area contributed by atoms with Crippen LogP contribution < -0.4 is 5.32 Å². The molecule has 1 aromatic rings. The van der Waals surface area contributed by atoms with Crippen LogP contribution in [0.4, 0.5) is 0 Å². The maximum absolute atomic E-state index is 11.4. The molecule has 0 spiro atoms. The molecule has 6 heteroatoms. The fourth-order valence-corrected chi connectivity index (χ4v) is 1.47. The topological polar surface area (TPSA) is 55.4 Å². The van der Waals surface area contributed by atoms with Crippen molar-refractivity contribution in [1.82, 2.24) is 5.32 Å². The minimum Gasteiger partial charge on any atom is -0.452 e. The van der Waals surface area contributed by atoms with Crippen LogP contribution in [0, 0.1) is 12.3 Å². The number of nitrogens with one attached hydrogen (secondary N) is 1. The highest BCUT2D eigenvalue weighted by atomic mass is 35.5. The summed E-state index contributed by atoms with van der Waals surface area (Å²) in [4.78, 5) is 22.5. The van der Waals surface area contributed by atoms with Crippen molar-refractivity contribution in [1.29, 1.82) is 0 Å². The lowest BCUT2D eigenvalue weighted by Crippen LogP contribution is -2.28. The molecule has 104 valence electrons. The molecule has 0 unspecified atom stereocenters. The monoisotopic (exact) mass is 311 g/mol. The number of hydrogen-bond acceptors (Lipinski definition) is 3. The van der Waals surface area contributed by atoms with Gasteiger partial charge in [-0.1, -0.05) is 35.2 Å². The van der Waals surface area contributed by atoms with E-state index in [1.54, 1.807) is 18.2 Å². The Morgan fingerprint density at radius 2 is 2.10 bits per heavy atom. The maximum atomic E-state index is 11.4. The summed E-state index contributed by atoms with van der Waals surface area (Å²) in [6, 6.07) is 4.91. The summed E-state index contributed by atoms with van der Waals surface area (Å²) >= 11 is 11.6. The average molecular weight is 312 g/mol. The van der Waals surface area contributed by atoms with Gasteiger partial charge < -0.3 is 10.1 Å². The predicted octanol–water partition coefficient (Wildman–Crippen LogP) is 2.30. The van der Waals surface area contributed by atoms with Crippen LogP contribution in [0.5, 0.6) is 0 Å². The van der Waals surface area contributed by atoms with Gasteiger partial charge in [0, 0.05) is 6.08 Å². The number of amides is 1. The zero-order chi connectivity index (χ0) is 15.0. The summed E-state index contributed by atoms with van der Waals surface area (Å²) in [6.07, 6.45) is 7.66. The van der Waals surface area contributed by atoms with E-state index in [1.165, 1.54) is 12.2 Å². The molecule has 0 bridgehead atoms. The van der Waals surface area contributed by atoms with Gasteiger partial charge in [-0.3, -0.25) is 4.79 Å². The van der Waals surface area contributed by atoms with Crippen molar-refractivity contribution in [2.24, 2.45) is 0 Å². The van der Waals surface area contributed by atoms with Crippen molar-refractivity contribution in [2.45, 2.75) is 0 Å². The summed E-state index contributed by atoms with van der Waals surface area (Å²) in [5.41, 5.74) is 0.688. The lowest BCUT2D eigenvalue weighted by atomic mass is 10.2. The Hall–Kier alpha value is -1.96. The lowest BCUT2D eigenvalue weighted by Gasteiger charge is -2.02.